The number of anilines is 1. The fourth-order valence-corrected chi connectivity index (χ4v) is 2.66. The molecule has 1 fully saturated rings. The molecule has 2 aromatic rings. The quantitative estimate of drug-likeness (QED) is 0.739. The molecule has 136 valence electrons. The van der Waals surface area contributed by atoms with E-state index in [2.05, 4.69) is 9.97 Å². The second-order valence-corrected chi connectivity index (χ2v) is 5.72. The lowest BCUT2D eigenvalue weighted by molar-refractivity contribution is -0.134. The maximum Gasteiger partial charge on any atom is 0.338 e. The van der Waals surface area contributed by atoms with Gasteiger partial charge in [-0.1, -0.05) is 6.07 Å². The highest BCUT2D eigenvalue weighted by molar-refractivity contribution is 5.91. The molecule has 0 bridgehead atoms. The van der Waals surface area contributed by atoms with Gasteiger partial charge in [0.15, 0.2) is 6.61 Å². The molecule has 1 aromatic carbocycles. The number of piperazine rings is 1. The van der Waals surface area contributed by atoms with Gasteiger partial charge < -0.3 is 19.3 Å². The molecular formula is C18H20N4O4. The van der Waals surface area contributed by atoms with E-state index in [1.54, 1.807) is 47.6 Å². The predicted octanol–water partition coefficient (Wildman–Crippen LogP) is 0.991. The lowest BCUT2D eigenvalue weighted by Crippen LogP contribution is -2.50. The molecule has 0 aliphatic carbocycles. The Kier molecular flexibility index (Phi) is 5.62. The van der Waals surface area contributed by atoms with Crippen molar-refractivity contribution in [1.29, 1.82) is 0 Å². The number of ether oxygens (including phenoxy) is 2. The van der Waals surface area contributed by atoms with Crippen molar-refractivity contribution >= 4 is 17.8 Å². The number of rotatable bonds is 5. The van der Waals surface area contributed by atoms with Crippen LogP contribution in [0.1, 0.15) is 10.4 Å². The van der Waals surface area contributed by atoms with E-state index >= 15 is 0 Å². The monoisotopic (exact) mass is 356 g/mol. The lowest BCUT2D eigenvalue weighted by atomic mass is 10.2. The molecule has 1 aliphatic heterocycles. The first kappa shape index (κ1) is 17.7. The van der Waals surface area contributed by atoms with Gasteiger partial charge in [-0.05, 0) is 24.3 Å². The first-order valence-electron chi connectivity index (χ1n) is 8.28. The van der Waals surface area contributed by atoms with Gasteiger partial charge in [0.05, 0.1) is 12.7 Å². The summed E-state index contributed by atoms with van der Waals surface area (Å²) in [5.74, 6) is 0.456. The fraction of sp³-hybridized carbons (Fsp3) is 0.333. The molecule has 1 aromatic heterocycles. The van der Waals surface area contributed by atoms with Crippen LogP contribution in [0.15, 0.2) is 42.7 Å². The van der Waals surface area contributed by atoms with Crippen LogP contribution in [-0.2, 0) is 9.53 Å². The Morgan fingerprint density at radius 2 is 1.81 bits per heavy atom. The van der Waals surface area contributed by atoms with Gasteiger partial charge in [0.2, 0.25) is 5.95 Å². The number of carbonyl (C=O) groups is 2. The SMILES string of the molecule is COc1cccc(C(=O)OCC(=O)N2CCN(c3ncccn3)CC2)c1. The zero-order chi connectivity index (χ0) is 18.4. The number of nitrogens with zero attached hydrogens (tertiary/aromatic N) is 4. The molecule has 1 aliphatic rings. The molecular weight excluding hydrogens is 336 g/mol. The third-order valence-corrected chi connectivity index (χ3v) is 4.10. The van der Waals surface area contributed by atoms with E-state index in [-0.39, 0.29) is 12.5 Å². The second kappa shape index (κ2) is 8.28. The number of benzene rings is 1. The summed E-state index contributed by atoms with van der Waals surface area (Å²) in [7, 11) is 1.52. The van der Waals surface area contributed by atoms with Crippen LogP contribution >= 0.6 is 0 Å². The molecule has 1 saturated heterocycles. The third-order valence-electron chi connectivity index (χ3n) is 4.10. The number of carbonyl (C=O) groups excluding carboxylic acids is 2. The average Bonchev–Trinajstić information content (AvgIpc) is 2.72. The normalized spacial score (nSPS) is 14.0. The summed E-state index contributed by atoms with van der Waals surface area (Å²) in [6.45, 7) is 2.07. The Bertz CT molecular complexity index is 761. The lowest BCUT2D eigenvalue weighted by Gasteiger charge is -2.34. The number of amides is 1. The van der Waals surface area contributed by atoms with E-state index in [9.17, 15) is 9.59 Å². The predicted molar refractivity (Wildman–Crippen MR) is 94.1 cm³/mol. The highest BCUT2D eigenvalue weighted by Gasteiger charge is 2.23. The number of methoxy groups -OCH3 is 1. The maximum absolute atomic E-state index is 12.3. The molecule has 0 atom stereocenters. The van der Waals surface area contributed by atoms with Crippen molar-refractivity contribution < 1.29 is 19.1 Å². The van der Waals surface area contributed by atoms with Crippen LogP contribution in [0.25, 0.3) is 0 Å². The topological polar surface area (TPSA) is 84.9 Å². The molecule has 0 unspecified atom stereocenters. The Morgan fingerprint density at radius 1 is 1.08 bits per heavy atom. The molecule has 0 radical (unpaired) electrons. The number of hydrogen-bond donors (Lipinski definition) is 0. The zero-order valence-corrected chi connectivity index (χ0v) is 14.5. The molecule has 0 spiro atoms. The van der Waals surface area contributed by atoms with Gasteiger partial charge >= 0.3 is 5.97 Å². The van der Waals surface area contributed by atoms with Gasteiger partial charge in [0, 0.05) is 38.6 Å². The smallest absolute Gasteiger partial charge is 0.338 e. The van der Waals surface area contributed by atoms with Crippen molar-refractivity contribution in [3.8, 4) is 5.75 Å². The van der Waals surface area contributed by atoms with Crippen LogP contribution in [0.3, 0.4) is 0 Å². The average molecular weight is 356 g/mol. The molecule has 26 heavy (non-hydrogen) atoms. The van der Waals surface area contributed by atoms with Gasteiger partial charge in [0.25, 0.3) is 5.91 Å². The van der Waals surface area contributed by atoms with Crippen molar-refractivity contribution in [2.24, 2.45) is 0 Å². The van der Waals surface area contributed by atoms with Crippen LogP contribution in [-0.4, -0.2) is 66.6 Å². The fourth-order valence-electron chi connectivity index (χ4n) is 2.66. The summed E-state index contributed by atoms with van der Waals surface area (Å²) in [4.78, 5) is 36.5. The van der Waals surface area contributed by atoms with E-state index in [4.69, 9.17) is 9.47 Å². The molecule has 3 rings (SSSR count). The summed E-state index contributed by atoms with van der Waals surface area (Å²) in [5.41, 5.74) is 0.350. The van der Waals surface area contributed by atoms with Crippen molar-refractivity contribution in [3.63, 3.8) is 0 Å². The number of hydrogen-bond acceptors (Lipinski definition) is 7. The zero-order valence-electron chi connectivity index (χ0n) is 14.5. The molecule has 8 heteroatoms. The third kappa shape index (κ3) is 4.27. The van der Waals surface area contributed by atoms with Gasteiger partial charge in [-0.15, -0.1) is 0 Å². The second-order valence-electron chi connectivity index (χ2n) is 5.72. The minimum Gasteiger partial charge on any atom is -0.497 e. The first-order valence-corrected chi connectivity index (χ1v) is 8.28. The molecule has 0 N–H and O–H groups in total. The number of esters is 1. The van der Waals surface area contributed by atoms with Crippen molar-refractivity contribution in [2.75, 3.05) is 44.8 Å². The Balaban J connectivity index is 1.47. The van der Waals surface area contributed by atoms with Crippen LogP contribution in [0.5, 0.6) is 5.75 Å². The van der Waals surface area contributed by atoms with Gasteiger partial charge in [-0.3, -0.25) is 4.79 Å². The van der Waals surface area contributed by atoms with E-state index in [1.807, 2.05) is 4.90 Å². The Labute approximate surface area is 151 Å². The van der Waals surface area contributed by atoms with Gasteiger partial charge in [-0.2, -0.15) is 0 Å². The minimum absolute atomic E-state index is 0.213. The Hall–Kier alpha value is -3.16. The highest BCUT2D eigenvalue weighted by atomic mass is 16.5. The first-order chi connectivity index (χ1) is 12.7. The van der Waals surface area contributed by atoms with Crippen LogP contribution in [0.4, 0.5) is 5.95 Å². The van der Waals surface area contributed by atoms with E-state index in [1.165, 1.54) is 7.11 Å². The van der Waals surface area contributed by atoms with Crippen molar-refractivity contribution in [3.05, 3.63) is 48.3 Å². The minimum atomic E-state index is -0.548. The highest BCUT2D eigenvalue weighted by Crippen LogP contribution is 2.14. The molecule has 0 saturated carbocycles. The molecule has 8 nitrogen and oxygen atoms in total. The van der Waals surface area contributed by atoms with Crippen LogP contribution in [0, 0.1) is 0 Å². The van der Waals surface area contributed by atoms with Crippen LogP contribution < -0.4 is 9.64 Å². The summed E-state index contributed by atoms with van der Waals surface area (Å²) < 4.78 is 10.2. The Morgan fingerprint density at radius 3 is 2.50 bits per heavy atom. The molecule has 1 amide bonds. The van der Waals surface area contributed by atoms with E-state index in [0.29, 0.717) is 43.4 Å². The summed E-state index contributed by atoms with van der Waals surface area (Å²) >= 11 is 0. The van der Waals surface area contributed by atoms with E-state index in [0.717, 1.165) is 0 Å². The van der Waals surface area contributed by atoms with Gasteiger partial charge in [0.1, 0.15) is 5.75 Å². The summed E-state index contributed by atoms with van der Waals surface area (Å²) in [6, 6.07) is 8.39. The van der Waals surface area contributed by atoms with E-state index < -0.39 is 5.97 Å². The summed E-state index contributed by atoms with van der Waals surface area (Å²) in [5, 5.41) is 0. The standard InChI is InChI=1S/C18H20N4O4/c1-25-15-5-2-4-14(12-15)17(24)26-13-16(23)21-8-10-22(11-9-21)18-19-6-3-7-20-18/h2-7,12H,8-11,13H2,1H3. The summed E-state index contributed by atoms with van der Waals surface area (Å²) in [6.07, 6.45) is 3.38. The maximum atomic E-state index is 12.3. The largest absolute Gasteiger partial charge is 0.497 e. The van der Waals surface area contributed by atoms with Crippen LogP contribution in [0.2, 0.25) is 0 Å². The van der Waals surface area contributed by atoms with Gasteiger partial charge in [-0.25, -0.2) is 14.8 Å². The molecule has 2 heterocycles. The number of aromatic nitrogens is 2. The van der Waals surface area contributed by atoms with Crippen molar-refractivity contribution in [1.82, 2.24) is 14.9 Å². The van der Waals surface area contributed by atoms with Crippen molar-refractivity contribution in [2.45, 2.75) is 0 Å².